The zero-order valence-corrected chi connectivity index (χ0v) is 14.7. The Morgan fingerprint density at radius 1 is 1.10 bits per heavy atom. The third-order valence-corrected chi connectivity index (χ3v) is 5.10. The van der Waals surface area contributed by atoms with Crippen LogP contribution in [0.15, 0.2) is 34.8 Å². The van der Waals surface area contributed by atoms with Gasteiger partial charge < -0.3 is 4.74 Å². The van der Waals surface area contributed by atoms with E-state index in [-0.39, 0.29) is 5.38 Å². The molecule has 0 aromatic heterocycles. The largest absolute Gasteiger partial charge is 0.496 e. The Balaban J connectivity index is 2.49. The van der Waals surface area contributed by atoms with Gasteiger partial charge in [-0.15, -0.1) is 11.6 Å². The molecule has 0 saturated heterocycles. The van der Waals surface area contributed by atoms with E-state index < -0.39 is 0 Å². The first-order chi connectivity index (χ1) is 9.43. The Morgan fingerprint density at radius 3 is 2.40 bits per heavy atom. The average molecular weight is 395 g/mol. The number of hydrogen-bond donors (Lipinski definition) is 0. The Hall–Kier alpha value is -0.410. The zero-order valence-electron chi connectivity index (χ0n) is 10.9. The van der Waals surface area contributed by atoms with Gasteiger partial charge in [0.25, 0.3) is 0 Å². The van der Waals surface area contributed by atoms with Gasteiger partial charge in [0.05, 0.1) is 22.5 Å². The second-order valence-electron chi connectivity index (χ2n) is 4.38. The lowest BCUT2D eigenvalue weighted by atomic mass is 10.0. The summed E-state index contributed by atoms with van der Waals surface area (Å²) >= 11 is 22.0. The zero-order chi connectivity index (χ0) is 14.9. The second-order valence-corrected chi connectivity index (χ2v) is 6.48. The van der Waals surface area contributed by atoms with Gasteiger partial charge >= 0.3 is 0 Å². The van der Waals surface area contributed by atoms with Crippen LogP contribution in [0.3, 0.4) is 0 Å². The summed E-state index contributed by atoms with van der Waals surface area (Å²) in [5.41, 5.74) is 2.84. The molecule has 0 fully saturated rings. The van der Waals surface area contributed by atoms with E-state index in [1.165, 1.54) is 0 Å². The summed E-state index contributed by atoms with van der Waals surface area (Å²) in [6, 6.07) is 9.29. The lowest BCUT2D eigenvalue weighted by Gasteiger charge is -2.16. The topological polar surface area (TPSA) is 9.23 Å². The quantitative estimate of drug-likeness (QED) is 0.547. The highest BCUT2D eigenvalue weighted by Crippen LogP contribution is 2.39. The van der Waals surface area contributed by atoms with E-state index in [2.05, 4.69) is 15.9 Å². The summed E-state index contributed by atoms with van der Waals surface area (Å²) in [5, 5.41) is 0.632. The molecule has 106 valence electrons. The van der Waals surface area contributed by atoms with Crippen LogP contribution in [0.25, 0.3) is 0 Å². The number of benzene rings is 2. The van der Waals surface area contributed by atoms with E-state index in [0.29, 0.717) is 10.0 Å². The summed E-state index contributed by atoms with van der Waals surface area (Å²) in [7, 11) is 1.63. The molecule has 0 aliphatic carbocycles. The van der Waals surface area contributed by atoms with E-state index in [1.54, 1.807) is 19.2 Å². The number of alkyl halides is 1. The minimum Gasteiger partial charge on any atom is -0.496 e. The van der Waals surface area contributed by atoms with Crippen LogP contribution < -0.4 is 4.74 Å². The SMILES string of the molecule is COc1cc(C)c(Br)cc1C(Cl)c1ccc(Cl)c(Cl)c1. The number of rotatable bonds is 3. The Kier molecular flexibility index (Phi) is 5.25. The highest BCUT2D eigenvalue weighted by molar-refractivity contribution is 9.10. The van der Waals surface area contributed by atoms with Crippen molar-refractivity contribution in [3.05, 3.63) is 61.5 Å². The fourth-order valence-corrected chi connectivity index (χ4v) is 2.87. The van der Waals surface area contributed by atoms with Crippen molar-refractivity contribution in [2.45, 2.75) is 12.3 Å². The van der Waals surface area contributed by atoms with Crippen LogP contribution in [-0.2, 0) is 0 Å². The molecule has 0 saturated carbocycles. The number of aryl methyl sites for hydroxylation is 1. The lowest BCUT2D eigenvalue weighted by molar-refractivity contribution is 0.409. The molecule has 20 heavy (non-hydrogen) atoms. The Morgan fingerprint density at radius 2 is 1.80 bits per heavy atom. The van der Waals surface area contributed by atoms with Crippen LogP contribution in [0.4, 0.5) is 0 Å². The third-order valence-electron chi connectivity index (χ3n) is 3.02. The molecule has 0 aliphatic heterocycles. The van der Waals surface area contributed by atoms with E-state index >= 15 is 0 Å². The fourth-order valence-electron chi connectivity index (χ4n) is 1.89. The number of ether oxygens (including phenoxy) is 1. The molecule has 0 heterocycles. The second kappa shape index (κ2) is 6.57. The molecular formula is C15H12BrCl3O. The van der Waals surface area contributed by atoms with Crippen LogP contribution in [-0.4, -0.2) is 7.11 Å². The molecule has 0 amide bonds. The van der Waals surface area contributed by atoms with E-state index in [0.717, 1.165) is 26.9 Å². The first kappa shape index (κ1) is 16.0. The molecule has 0 bridgehead atoms. The molecule has 5 heteroatoms. The third kappa shape index (κ3) is 3.25. The number of hydrogen-bond acceptors (Lipinski definition) is 1. The van der Waals surface area contributed by atoms with Gasteiger partial charge in [0.15, 0.2) is 0 Å². The first-order valence-corrected chi connectivity index (χ1v) is 7.85. The van der Waals surface area contributed by atoms with Gasteiger partial charge in [-0.25, -0.2) is 0 Å². The Labute approximate surface area is 141 Å². The van der Waals surface area contributed by atoms with Gasteiger partial charge in [0, 0.05) is 10.0 Å². The molecule has 0 radical (unpaired) electrons. The monoisotopic (exact) mass is 392 g/mol. The molecule has 0 aliphatic rings. The van der Waals surface area contributed by atoms with Crippen molar-refractivity contribution >= 4 is 50.7 Å². The molecule has 2 aromatic carbocycles. The average Bonchev–Trinajstić information content (AvgIpc) is 2.43. The Bertz CT molecular complexity index is 643. The number of halogens is 4. The van der Waals surface area contributed by atoms with Crippen molar-refractivity contribution in [1.29, 1.82) is 0 Å². The predicted molar refractivity (Wildman–Crippen MR) is 89.6 cm³/mol. The maximum Gasteiger partial charge on any atom is 0.124 e. The summed E-state index contributed by atoms with van der Waals surface area (Å²) < 4.78 is 6.40. The minimum atomic E-state index is -0.364. The van der Waals surface area contributed by atoms with Crippen LogP contribution in [0.2, 0.25) is 10.0 Å². The fraction of sp³-hybridized carbons (Fsp3) is 0.200. The van der Waals surface area contributed by atoms with Crippen molar-refractivity contribution in [2.75, 3.05) is 7.11 Å². The highest BCUT2D eigenvalue weighted by Gasteiger charge is 2.18. The van der Waals surface area contributed by atoms with Gasteiger partial charge in [-0.1, -0.05) is 45.2 Å². The molecule has 1 nitrogen and oxygen atoms in total. The first-order valence-electron chi connectivity index (χ1n) is 5.87. The van der Waals surface area contributed by atoms with E-state index in [9.17, 15) is 0 Å². The van der Waals surface area contributed by atoms with Crippen LogP contribution in [0.1, 0.15) is 22.1 Å². The predicted octanol–water partition coefficient (Wildman–Crippen LogP) is 6.40. The van der Waals surface area contributed by atoms with Gasteiger partial charge in [0.1, 0.15) is 5.75 Å². The molecule has 0 spiro atoms. The number of methoxy groups -OCH3 is 1. The maximum atomic E-state index is 6.56. The molecule has 2 aromatic rings. The highest BCUT2D eigenvalue weighted by atomic mass is 79.9. The van der Waals surface area contributed by atoms with E-state index in [4.69, 9.17) is 39.5 Å². The maximum absolute atomic E-state index is 6.56. The van der Waals surface area contributed by atoms with E-state index in [1.807, 2.05) is 25.1 Å². The molecular weight excluding hydrogens is 382 g/mol. The summed E-state index contributed by atoms with van der Waals surface area (Å²) in [5.74, 6) is 0.747. The standard InChI is InChI=1S/C15H12BrCl3O/c1-8-5-14(20-2)10(7-11(8)16)15(19)9-3-4-12(17)13(18)6-9/h3-7,15H,1-2H3. The summed E-state index contributed by atoms with van der Waals surface area (Å²) in [6.07, 6.45) is 0. The van der Waals surface area contributed by atoms with Crippen molar-refractivity contribution in [3.63, 3.8) is 0 Å². The van der Waals surface area contributed by atoms with Crippen molar-refractivity contribution in [3.8, 4) is 5.75 Å². The van der Waals surface area contributed by atoms with Gasteiger partial charge in [0.2, 0.25) is 0 Å². The van der Waals surface area contributed by atoms with Crippen molar-refractivity contribution < 1.29 is 4.74 Å². The van der Waals surface area contributed by atoms with Crippen molar-refractivity contribution in [1.82, 2.24) is 0 Å². The molecule has 1 unspecified atom stereocenters. The van der Waals surface area contributed by atoms with Crippen LogP contribution in [0, 0.1) is 6.92 Å². The van der Waals surface area contributed by atoms with Crippen LogP contribution in [0.5, 0.6) is 5.75 Å². The van der Waals surface area contributed by atoms with Gasteiger partial charge in [-0.2, -0.15) is 0 Å². The van der Waals surface area contributed by atoms with Crippen molar-refractivity contribution in [2.24, 2.45) is 0 Å². The van der Waals surface area contributed by atoms with Gasteiger partial charge in [-0.3, -0.25) is 0 Å². The minimum absolute atomic E-state index is 0.364. The molecule has 1 atom stereocenters. The summed E-state index contributed by atoms with van der Waals surface area (Å²) in [6.45, 7) is 2.00. The molecule has 0 N–H and O–H groups in total. The molecule has 2 rings (SSSR count). The van der Waals surface area contributed by atoms with Crippen LogP contribution >= 0.6 is 50.7 Å². The normalized spacial score (nSPS) is 12.3. The van der Waals surface area contributed by atoms with Gasteiger partial charge in [-0.05, 0) is 42.3 Å². The smallest absolute Gasteiger partial charge is 0.124 e. The summed E-state index contributed by atoms with van der Waals surface area (Å²) in [4.78, 5) is 0. The lowest BCUT2D eigenvalue weighted by Crippen LogP contribution is -1.99.